The van der Waals surface area contributed by atoms with Crippen molar-refractivity contribution >= 4 is 16.9 Å². The van der Waals surface area contributed by atoms with Crippen LogP contribution in [0.5, 0.6) is 5.75 Å². The summed E-state index contributed by atoms with van der Waals surface area (Å²) in [4.78, 5) is 12.3. The lowest BCUT2D eigenvalue weighted by molar-refractivity contribution is 0.0526. The number of furan rings is 1. The summed E-state index contributed by atoms with van der Waals surface area (Å²) in [5, 5.41) is 10.1. The third kappa shape index (κ3) is 3.20. The minimum atomic E-state index is -0.504. The number of aryl methyl sites for hydroxylation is 1. The van der Waals surface area contributed by atoms with Crippen LogP contribution in [0.15, 0.2) is 46.9 Å². The van der Waals surface area contributed by atoms with Crippen LogP contribution in [-0.4, -0.2) is 12.6 Å². The fourth-order valence-corrected chi connectivity index (χ4v) is 2.71. The van der Waals surface area contributed by atoms with Gasteiger partial charge in [-0.25, -0.2) is 4.79 Å². The van der Waals surface area contributed by atoms with Gasteiger partial charge in [0.15, 0.2) is 0 Å². The normalized spacial score (nSPS) is 10.4. The molecule has 0 aliphatic heterocycles. The molecule has 126 valence electrons. The number of ether oxygens (including phenoxy) is 2. The van der Waals surface area contributed by atoms with Gasteiger partial charge in [0.1, 0.15) is 40.9 Å². The summed E-state index contributed by atoms with van der Waals surface area (Å²) < 4.78 is 16.5. The molecule has 0 amide bonds. The Hall–Kier alpha value is -3.26. The number of esters is 1. The highest BCUT2D eigenvalue weighted by Crippen LogP contribution is 2.34. The summed E-state index contributed by atoms with van der Waals surface area (Å²) in [5.41, 5.74) is 2.00. The second-order valence-electron chi connectivity index (χ2n) is 5.45. The maximum atomic E-state index is 12.3. The summed E-state index contributed by atoms with van der Waals surface area (Å²) >= 11 is 0. The first kappa shape index (κ1) is 16.6. The Bertz CT molecular complexity index is 951. The largest absolute Gasteiger partial charge is 0.487 e. The topological polar surface area (TPSA) is 72.5 Å². The molecule has 2 aromatic carbocycles. The summed E-state index contributed by atoms with van der Waals surface area (Å²) in [7, 11) is 0. The highest BCUT2D eigenvalue weighted by atomic mass is 16.5. The highest BCUT2D eigenvalue weighted by Gasteiger charge is 2.24. The van der Waals surface area contributed by atoms with E-state index in [4.69, 9.17) is 13.9 Å². The van der Waals surface area contributed by atoms with Gasteiger partial charge in [0, 0.05) is 0 Å². The average molecular weight is 335 g/mol. The molecule has 0 saturated carbocycles. The second kappa shape index (κ2) is 7.10. The minimum absolute atomic E-state index is 0.247. The molecule has 3 aromatic rings. The van der Waals surface area contributed by atoms with E-state index >= 15 is 0 Å². The van der Waals surface area contributed by atoms with Crippen LogP contribution in [0, 0.1) is 18.3 Å². The number of nitriles is 1. The SMILES string of the molecule is CCOC(=O)c1c(C)oc2ccc(OCc3ccccc3)c(C#N)c12. The lowest BCUT2D eigenvalue weighted by Crippen LogP contribution is -2.06. The van der Waals surface area contributed by atoms with Gasteiger partial charge in [0.2, 0.25) is 0 Å². The molecule has 0 bridgehead atoms. The summed E-state index contributed by atoms with van der Waals surface area (Å²) in [5.74, 6) is 0.325. The molecule has 0 saturated heterocycles. The molecule has 0 N–H and O–H groups in total. The summed E-state index contributed by atoms with van der Waals surface area (Å²) in [6, 6.07) is 15.2. The van der Waals surface area contributed by atoms with Crippen molar-refractivity contribution in [2.24, 2.45) is 0 Å². The first-order valence-corrected chi connectivity index (χ1v) is 7.95. The van der Waals surface area contributed by atoms with Crippen LogP contribution in [0.1, 0.15) is 34.2 Å². The fourth-order valence-electron chi connectivity index (χ4n) is 2.71. The van der Waals surface area contributed by atoms with E-state index in [0.717, 1.165) is 5.56 Å². The average Bonchev–Trinajstić information content (AvgIpc) is 2.96. The number of nitrogens with zero attached hydrogens (tertiary/aromatic N) is 1. The fraction of sp³-hybridized carbons (Fsp3) is 0.200. The number of carbonyl (C=O) groups excluding carboxylic acids is 1. The third-order valence-corrected chi connectivity index (χ3v) is 3.82. The first-order valence-electron chi connectivity index (χ1n) is 7.95. The minimum Gasteiger partial charge on any atom is -0.487 e. The van der Waals surface area contributed by atoms with Crippen molar-refractivity contribution in [2.45, 2.75) is 20.5 Å². The highest BCUT2D eigenvalue weighted by molar-refractivity contribution is 6.07. The van der Waals surface area contributed by atoms with Crippen molar-refractivity contribution in [3.8, 4) is 11.8 Å². The number of carbonyl (C=O) groups is 1. The zero-order valence-corrected chi connectivity index (χ0v) is 14.0. The van der Waals surface area contributed by atoms with E-state index in [1.54, 1.807) is 26.0 Å². The van der Waals surface area contributed by atoms with E-state index in [0.29, 0.717) is 29.1 Å². The van der Waals surface area contributed by atoms with Crippen LogP contribution in [0.25, 0.3) is 11.0 Å². The number of rotatable bonds is 5. The zero-order chi connectivity index (χ0) is 17.8. The molecule has 5 heteroatoms. The van der Waals surface area contributed by atoms with Gasteiger partial charge in [-0.3, -0.25) is 0 Å². The smallest absolute Gasteiger partial charge is 0.342 e. The van der Waals surface area contributed by atoms with Crippen molar-refractivity contribution in [1.29, 1.82) is 5.26 Å². The van der Waals surface area contributed by atoms with Gasteiger partial charge < -0.3 is 13.9 Å². The van der Waals surface area contributed by atoms with Crippen LogP contribution in [0.4, 0.5) is 0 Å². The Balaban J connectivity index is 2.04. The van der Waals surface area contributed by atoms with Crippen molar-refractivity contribution in [3.05, 3.63) is 64.9 Å². The quantitative estimate of drug-likeness (QED) is 0.647. The first-order chi connectivity index (χ1) is 12.2. The van der Waals surface area contributed by atoms with Gasteiger partial charge in [0.25, 0.3) is 0 Å². The van der Waals surface area contributed by atoms with Gasteiger partial charge in [0.05, 0.1) is 12.0 Å². The van der Waals surface area contributed by atoms with E-state index in [9.17, 15) is 10.1 Å². The molecule has 1 aromatic heterocycles. The molecular weight excluding hydrogens is 318 g/mol. The molecule has 0 radical (unpaired) electrons. The van der Waals surface area contributed by atoms with Crippen LogP contribution in [-0.2, 0) is 11.3 Å². The number of fused-ring (bicyclic) bond motifs is 1. The number of hydrogen-bond donors (Lipinski definition) is 0. The van der Waals surface area contributed by atoms with Crippen molar-refractivity contribution in [2.75, 3.05) is 6.61 Å². The number of benzene rings is 2. The summed E-state index contributed by atoms with van der Waals surface area (Å²) in [6.07, 6.45) is 0. The van der Waals surface area contributed by atoms with Gasteiger partial charge in [-0.2, -0.15) is 5.26 Å². The van der Waals surface area contributed by atoms with E-state index in [1.165, 1.54) is 0 Å². The van der Waals surface area contributed by atoms with E-state index in [1.807, 2.05) is 30.3 Å². The molecule has 1 heterocycles. The lowest BCUT2D eigenvalue weighted by Gasteiger charge is -2.09. The maximum absolute atomic E-state index is 12.3. The monoisotopic (exact) mass is 335 g/mol. The van der Waals surface area contributed by atoms with E-state index in [-0.39, 0.29) is 17.7 Å². The van der Waals surface area contributed by atoms with Gasteiger partial charge in [-0.05, 0) is 31.5 Å². The van der Waals surface area contributed by atoms with Crippen molar-refractivity contribution in [1.82, 2.24) is 0 Å². The number of hydrogen-bond acceptors (Lipinski definition) is 5. The Labute approximate surface area is 145 Å². The summed E-state index contributed by atoms with van der Waals surface area (Å²) in [6.45, 7) is 3.98. The van der Waals surface area contributed by atoms with Crippen LogP contribution >= 0.6 is 0 Å². The lowest BCUT2D eigenvalue weighted by atomic mass is 10.0. The molecule has 3 rings (SSSR count). The molecule has 5 nitrogen and oxygen atoms in total. The molecule has 0 spiro atoms. The predicted octanol–water partition coefficient (Wildman–Crippen LogP) is 4.37. The third-order valence-electron chi connectivity index (χ3n) is 3.82. The Morgan fingerprint density at radius 3 is 2.64 bits per heavy atom. The van der Waals surface area contributed by atoms with Crippen LogP contribution in [0.2, 0.25) is 0 Å². The second-order valence-corrected chi connectivity index (χ2v) is 5.45. The van der Waals surface area contributed by atoms with E-state index in [2.05, 4.69) is 6.07 Å². The predicted molar refractivity (Wildman–Crippen MR) is 92.4 cm³/mol. The van der Waals surface area contributed by atoms with Crippen molar-refractivity contribution < 1.29 is 18.7 Å². The van der Waals surface area contributed by atoms with Crippen LogP contribution < -0.4 is 4.74 Å². The van der Waals surface area contributed by atoms with Crippen molar-refractivity contribution in [3.63, 3.8) is 0 Å². The standard InChI is InChI=1S/C20H17NO4/c1-3-23-20(22)18-13(2)25-17-10-9-16(15(11-21)19(17)18)24-12-14-7-5-4-6-8-14/h4-10H,3,12H2,1-2H3. The zero-order valence-electron chi connectivity index (χ0n) is 14.0. The molecule has 0 aliphatic rings. The molecular formula is C20H17NO4. The molecule has 0 aliphatic carbocycles. The molecule has 0 unspecified atom stereocenters. The van der Waals surface area contributed by atoms with Gasteiger partial charge >= 0.3 is 5.97 Å². The van der Waals surface area contributed by atoms with E-state index < -0.39 is 5.97 Å². The van der Waals surface area contributed by atoms with Gasteiger partial charge in [-0.15, -0.1) is 0 Å². The van der Waals surface area contributed by atoms with Crippen LogP contribution in [0.3, 0.4) is 0 Å². The Morgan fingerprint density at radius 2 is 1.96 bits per heavy atom. The molecule has 0 fully saturated rings. The molecule has 25 heavy (non-hydrogen) atoms. The molecule has 0 atom stereocenters. The van der Waals surface area contributed by atoms with Gasteiger partial charge in [-0.1, -0.05) is 30.3 Å². The maximum Gasteiger partial charge on any atom is 0.342 e. The Morgan fingerprint density at radius 1 is 1.20 bits per heavy atom. The Kier molecular flexibility index (Phi) is 4.71.